The van der Waals surface area contributed by atoms with E-state index < -0.39 is 0 Å². The van der Waals surface area contributed by atoms with Gasteiger partial charge in [-0.2, -0.15) is 0 Å². The normalized spacial score (nSPS) is 10.7. The number of hydrogen-bond acceptors (Lipinski definition) is 3. The van der Waals surface area contributed by atoms with Gasteiger partial charge >= 0.3 is 0 Å². The van der Waals surface area contributed by atoms with E-state index in [4.69, 9.17) is 4.74 Å². The quantitative estimate of drug-likeness (QED) is 0.745. The standard InChI is InChI=1S/C19H19NO2S/c1-14-6-8-16(9-7-14)22-12-19(21)20-11-10-15-13-23-18-5-3-2-4-17(15)18/h2-9,13H,10-12H2,1H3,(H,20,21). The first-order valence-electron chi connectivity index (χ1n) is 7.63. The van der Waals surface area contributed by atoms with E-state index in [0.29, 0.717) is 6.54 Å². The molecule has 118 valence electrons. The molecule has 1 heterocycles. The Bertz CT molecular complexity index is 792. The number of thiophene rings is 1. The van der Waals surface area contributed by atoms with E-state index in [9.17, 15) is 4.79 Å². The van der Waals surface area contributed by atoms with E-state index >= 15 is 0 Å². The second-order valence-corrected chi connectivity index (χ2v) is 6.37. The van der Waals surface area contributed by atoms with Crippen molar-refractivity contribution in [1.29, 1.82) is 0 Å². The molecule has 0 spiro atoms. The van der Waals surface area contributed by atoms with E-state index in [1.54, 1.807) is 11.3 Å². The fraction of sp³-hybridized carbons (Fsp3) is 0.211. The van der Waals surface area contributed by atoms with Gasteiger partial charge in [0.25, 0.3) is 5.91 Å². The van der Waals surface area contributed by atoms with Gasteiger partial charge in [-0.1, -0.05) is 35.9 Å². The minimum atomic E-state index is -0.0925. The SMILES string of the molecule is Cc1ccc(OCC(=O)NCCc2csc3ccccc23)cc1. The first-order chi connectivity index (χ1) is 11.2. The number of aryl methyl sites for hydroxylation is 1. The Labute approximate surface area is 139 Å². The average molecular weight is 325 g/mol. The number of carbonyl (C=O) groups is 1. The predicted molar refractivity (Wildman–Crippen MR) is 95.2 cm³/mol. The highest BCUT2D eigenvalue weighted by Crippen LogP contribution is 2.25. The van der Waals surface area contributed by atoms with E-state index in [2.05, 4.69) is 22.8 Å². The summed E-state index contributed by atoms with van der Waals surface area (Å²) in [7, 11) is 0. The Kier molecular flexibility index (Phi) is 4.93. The van der Waals surface area contributed by atoms with Crippen LogP contribution in [0, 0.1) is 6.92 Å². The summed E-state index contributed by atoms with van der Waals surface area (Å²) in [6.45, 7) is 2.69. The molecular weight excluding hydrogens is 306 g/mol. The Morgan fingerprint density at radius 2 is 1.91 bits per heavy atom. The summed E-state index contributed by atoms with van der Waals surface area (Å²) in [5.74, 6) is 0.625. The predicted octanol–water partition coefficient (Wildman–Crippen LogP) is 3.95. The fourth-order valence-electron chi connectivity index (χ4n) is 2.40. The Hall–Kier alpha value is -2.33. The van der Waals surface area contributed by atoms with Crippen LogP contribution in [0.15, 0.2) is 53.9 Å². The highest BCUT2D eigenvalue weighted by atomic mass is 32.1. The summed E-state index contributed by atoms with van der Waals surface area (Å²) in [6.07, 6.45) is 0.834. The van der Waals surface area contributed by atoms with Gasteiger partial charge in [0, 0.05) is 11.2 Å². The van der Waals surface area contributed by atoms with Crippen LogP contribution in [0.1, 0.15) is 11.1 Å². The van der Waals surface area contributed by atoms with Crippen LogP contribution in [0.3, 0.4) is 0 Å². The number of rotatable bonds is 6. The highest BCUT2D eigenvalue weighted by molar-refractivity contribution is 7.17. The molecule has 4 heteroatoms. The van der Waals surface area contributed by atoms with Gasteiger partial charge in [0.05, 0.1) is 0 Å². The molecule has 1 aromatic heterocycles. The number of carbonyl (C=O) groups excluding carboxylic acids is 1. The third-order valence-electron chi connectivity index (χ3n) is 3.67. The largest absolute Gasteiger partial charge is 0.484 e. The molecule has 1 N–H and O–H groups in total. The number of ether oxygens (including phenoxy) is 1. The lowest BCUT2D eigenvalue weighted by molar-refractivity contribution is -0.123. The molecule has 0 aliphatic carbocycles. The van der Waals surface area contributed by atoms with E-state index in [0.717, 1.165) is 12.2 Å². The summed E-state index contributed by atoms with van der Waals surface area (Å²) in [5.41, 5.74) is 2.45. The molecule has 0 saturated heterocycles. The van der Waals surface area contributed by atoms with E-state index in [-0.39, 0.29) is 12.5 Å². The Morgan fingerprint density at radius 1 is 1.13 bits per heavy atom. The molecule has 0 bridgehead atoms. The maximum Gasteiger partial charge on any atom is 0.257 e. The van der Waals surface area contributed by atoms with Crippen LogP contribution in [-0.4, -0.2) is 19.1 Å². The Morgan fingerprint density at radius 3 is 2.74 bits per heavy atom. The van der Waals surface area contributed by atoms with E-state index in [1.807, 2.05) is 43.3 Å². The molecule has 0 unspecified atom stereocenters. The lowest BCUT2D eigenvalue weighted by atomic mass is 10.1. The average Bonchev–Trinajstić information content (AvgIpc) is 2.98. The number of fused-ring (bicyclic) bond motifs is 1. The van der Waals surface area contributed by atoms with Crippen molar-refractivity contribution in [3.05, 3.63) is 65.0 Å². The fourth-order valence-corrected chi connectivity index (χ4v) is 3.39. The summed E-state index contributed by atoms with van der Waals surface area (Å²) in [4.78, 5) is 11.8. The smallest absolute Gasteiger partial charge is 0.257 e. The third kappa shape index (κ3) is 4.11. The van der Waals surface area contributed by atoms with Crippen molar-refractivity contribution < 1.29 is 9.53 Å². The third-order valence-corrected chi connectivity index (χ3v) is 4.68. The van der Waals surface area contributed by atoms with Gasteiger partial charge in [-0.3, -0.25) is 4.79 Å². The zero-order valence-electron chi connectivity index (χ0n) is 13.0. The molecular formula is C19H19NO2S. The van der Waals surface area contributed by atoms with Crippen LogP contribution in [0.2, 0.25) is 0 Å². The van der Waals surface area contributed by atoms with Crippen LogP contribution in [0.5, 0.6) is 5.75 Å². The maximum absolute atomic E-state index is 11.8. The van der Waals surface area contributed by atoms with Crippen molar-refractivity contribution in [1.82, 2.24) is 5.32 Å². The molecule has 23 heavy (non-hydrogen) atoms. The van der Waals surface area contributed by atoms with Crippen LogP contribution in [0.25, 0.3) is 10.1 Å². The van der Waals surface area contributed by atoms with Gasteiger partial charge in [0.2, 0.25) is 0 Å². The molecule has 0 aliphatic rings. The first kappa shape index (κ1) is 15.6. The van der Waals surface area contributed by atoms with Crippen molar-refractivity contribution >= 4 is 27.3 Å². The van der Waals surface area contributed by atoms with Crippen molar-refractivity contribution in [2.75, 3.05) is 13.2 Å². The lowest BCUT2D eigenvalue weighted by Crippen LogP contribution is -2.30. The van der Waals surface area contributed by atoms with Crippen molar-refractivity contribution in [3.63, 3.8) is 0 Å². The summed E-state index contributed by atoms with van der Waals surface area (Å²) < 4.78 is 6.76. The topological polar surface area (TPSA) is 38.3 Å². The van der Waals surface area contributed by atoms with E-state index in [1.165, 1.54) is 21.2 Å². The van der Waals surface area contributed by atoms with Gasteiger partial charge in [0.15, 0.2) is 6.61 Å². The van der Waals surface area contributed by atoms with Crippen LogP contribution in [0.4, 0.5) is 0 Å². The van der Waals surface area contributed by atoms with Crippen molar-refractivity contribution in [2.24, 2.45) is 0 Å². The summed E-state index contributed by atoms with van der Waals surface area (Å²) >= 11 is 1.74. The number of nitrogens with one attached hydrogen (secondary N) is 1. The molecule has 1 amide bonds. The number of benzene rings is 2. The molecule has 2 aromatic carbocycles. The van der Waals surface area contributed by atoms with Crippen LogP contribution in [-0.2, 0) is 11.2 Å². The Balaban J connectivity index is 1.45. The molecule has 0 radical (unpaired) electrons. The van der Waals surface area contributed by atoms with Gasteiger partial charge in [-0.15, -0.1) is 11.3 Å². The van der Waals surface area contributed by atoms with Gasteiger partial charge < -0.3 is 10.1 Å². The van der Waals surface area contributed by atoms with Crippen molar-refractivity contribution in [3.8, 4) is 5.75 Å². The monoisotopic (exact) mass is 325 g/mol. The number of hydrogen-bond donors (Lipinski definition) is 1. The van der Waals surface area contributed by atoms with Gasteiger partial charge in [0.1, 0.15) is 5.75 Å². The minimum absolute atomic E-state index is 0.0491. The summed E-state index contributed by atoms with van der Waals surface area (Å²) in [6, 6.07) is 16.0. The first-order valence-corrected chi connectivity index (χ1v) is 8.51. The zero-order chi connectivity index (χ0) is 16.1. The van der Waals surface area contributed by atoms with Gasteiger partial charge in [-0.05, 0) is 47.9 Å². The molecule has 0 fully saturated rings. The zero-order valence-corrected chi connectivity index (χ0v) is 13.9. The maximum atomic E-state index is 11.8. The second kappa shape index (κ2) is 7.29. The van der Waals surface area contributed by atoms with Gasteiger partial charge in [-0.25, -0.2) is 0 Å². The summed E-state index contributed by atoms with van der Waals surface area (Å²) in [5, 5.41) is 6.35. The second-order valence-electron chi connectivity index (χ2n) is 5.46. The molecule has 0 aliphatic heterocycles. The lowest BCUT2D eigenvalue weighted by Gasteiger charge is -2.07. The minimum Gasteiger partial charge on any atom is -0.484 e. The molecule has 3 aromatic rings. The molecule has 0 atom stereocenters. The molecule has 0 saturated carbocycles. The molecule has 3 rings (SSSR count). The number of amides is 1. The van der Waals surface area contributed by atoms with Crippen molar-refractivity contribution in [2.45, 2.75) is 13.3 Å². The van der Waals surface area contributed by atoms with Crippen LogP contribution >= 0.6 is 11.3 Å². The molecule has 3 nitrogen and oxygen atoms in total. The highest BCUT2D eigenvalue weighted by Gasteiger charge is 2.05. The van der Waals surface area contributed by atoms with Crippen LogP contribution < -0.4 is 10.1 Å².